The van der Waals surface area contributed by atoms with E-state index in [0.717, 1.165) is 5.56 Å². The standard InChI is InChI=1S/C14H25N3O2S/c1-11(2)9-16-20(18,19)17-13-7-5-12(6-8-13)14(3,4)10-15/h5-8,11,16-17H,9-10,15H2,1-4H3. The van der Waals surface area contributed by atoms with Crippen molar-refractivity contribution in [3.8, 4) is 0 Å². The molecule has 0 radical (unpaired) electrons. The lowest BCUT2D eigenvalue weighted by molar-refractivity contribution is 0.539. The molecule has 4 N–H and O–H groups in total. The van der Waals surface area contributed by atoms with Crippen molar-refractivity contribution in [1.82, 2.24) is 4.72 Å². The number of hydrogen-bond donors (Lipinski definition) is 3. The Kier molecular flexibility index (Phi) is 5.56. The first-order valence-corrected chi connectivity index (χ1v) is 8.22. The molecule has 0 heterocycles. The van der Waals surface area contributed by atoms with Gasteiger partial charge >= 0.3 is 0 Å². The fraction of sp³-hybridized carbons (Fsp3) is 0.571. The van der Waals surface area contributed by atoms with Crippen LogP contribution in [0.1, 0.15) is 33.3 Å². The lowest BCUT2D eigenvalue weighted by Gasteiger charge is -2.23. The van der Waals surface area contributed by atoms with Gasteiger partial charge in [-0.25, -0.2) is 0 Å². The minimum Gasteiger partial charge on any atom is -0.330 e. The highest BCUT2D eigenvalue weighted by molar-refractivity contribution is 7.90. The SMILES string of the molecule is CC(C)CNS(=O)(=O)Nc1ccc(C(C)(C)CN)cc1. The Morgan fingerprint density at radius 2 is 1.75 bits per heavy atom. The molecular weight excluding hydrogens is 274 g/mol. The zero-order chi connectivity index (χ0) is 15.4. The summed E-state index contributed by atoms with van der Waals surface area (Å²) in [6.07, 6.45) is 0. The molecule has 114 valence electrons. The highest BCUT2D eigenvalue weighted by Gasteiger charge is 2.18. The van der Waals surface area contributed by atoms with Gasteiger partial charge in [0.1, 0.15) is 0 Å². The van der Waals surface area contributed by atoms with Gasteiger partial charge in [-0.1, -0.05) is 39.8 Å². The van der Waals surface area contributed by atoms with E-state index in [1.54, 1.807) is 12.1 Å². The average molecular weight is 299 g/mol. The molecule has 0 aromatic heterocycles. The highest BCUT2D eigenvalue weighted by Crippen LogP contribution is 2.23. The van der Waals surface area contributed by atoms with Crippen LogP contribution in [0.3, 0.4) is 0 Å². The van der Waals surface area contributed by atoms with Crippen LogP contribution in [0.4, 0.5) is 5.69 Å². The third-order valence-electron chi connectivity index (χ3n) is 3.11. The molecular formula is C14H25N3O2S. The highest BCUT2D eigenvalue weighted by atomic mass is 32.2. The summed E-state index contributed by atoms with van der Waals surface area (Å²) in [5.41, 5.74) is 7.23. The van der Waals surface area contributed by atoms with Gasteiger partial charge in [0.15, 0.2) is 0 Å². The van der Waals surface area contributed by atoms with Gasteiger partial charge in [0.05, 0.1) is 0 Å². The molecule has 1 rings (SSSR count). The fourth-order valence-electron chi connectivity index (χ4n) is 1.57. The van der Waals surface area contributed by atoms with Crippen LogP contribution >= 0.6 is 0 Å². The molecule has 0 unspecified atom stereocenters. The maximum absolute atomic E-state index is 11.8. The second-order valence-corrected chi connectivity index (χ2v) is 7.51. The number of benzene rings is 1. The maximum Gasteiger partial charge on any atom is 0.299 e. The number of rotatable bonds is 7. The van der Waals surface area contributed by atoms with Crippen molar-refractivity contribution in [2.24, 2.45) is 11.7 Å². The van der Waals surface area contributed by atoms with Gasteiger partial charge in [-0.2, -0.15) is 13.1 Å². The number of anilines is 1. The smallest absolute Gasteiger partial charge is 0.299 e. The minimum absolute atomic E-state index is 0.118. The third kappa shape index (κ3) is 5.11. The summed E-state index contributed by atoms with van der Waals surface area (Å²) in [6.45, 7) is 8.95. The van der Waals surface area contributed by atoms with Gasteiger partial charge in [-0.15, -0.1) is 0 Å². The number of hydrogen-bond acceptors (Lipinski definition) is 3. The van der Waals surface area contributed by atoms with Gasteiger partial charge in [-0.05, 0) is 23.6 Å². The van der Waals surface area contributed by atoms with E-state index >= 15 is 0 Å². The van der Waals surface area contributed by atoms with E-state index in [1.807, 2.05) is 26.0 Å². The molecule has 0 bridgehead atoms. The minimum atomic E-state index is -3.51. The van der Waals surface area contributed by atoms with Crippen molar-refractivity contribution < 1.29 is 8.42 Å². The van der Waals surface area contributed by atoms with Crippen LogP contribution in [0.2, 0.25) is 0 Å². The van der Waals surface area contributed by atoms with Crippen LogP contribution in [0.25, 0.3) is 0 Å². The van der Waals surface area contributed by atoms with Gasteiger partial charge in [-0.3, -0.25) is 4.72 Å². The molecule has 1 aromatic carbocycles. The van der Waals surface area contributed by atoms with E-state index in [-0.39, 0.29) is 11.3 Å². The van der Waals surface area contributed by atoms with E-state index < -0.39 is 10.2 Å². The monoisotopic (exact) mass is 299 g/mol. The summed E-state index contributed by atoms with van der Waals surface area (Å²) in [6, 6.07) is 7.29. The van der Waals surface area contributed by atoms with Crippen LogP contribution in [0.5, 0.6) is 0 Å². The Morgan fingerprint density at radius 3 is 2.20 bits per heavy atom. The van der Waals surface area contributed by atoms with Gasteiger partial charge in [0.25, 0.3) is 10.2 Å². The van der Waals surface area contributed by atoms with Crippen molar-refractivity contribution in [2.45, 2.75) is 33.1 Å². The predicted molar refractivity (Wildman–Crippen MR) is 83.9 cm³/mol. The van der Waals surface area contributed by atoms with E-state index in [2.05, 4.69) is 23.3 Å². The fourth-order valence-corrected chi connectivity index (χ4v) is 2.65. The molecule has 5 nitrogen and oxygen atoms in total. The summed E-state index contributed by atoms with van der Waals surface area (Å²) in [7, 11) is -3.51. The lowest BCUT2D eigenvalue weighted by Crippen LogP contribution is -2.33. The van der Waals surface area contributed by atoms with Crippen LogP contribution in [-0.4, -0.2) is 21.5 Å². The molecule has 0 aliphatic carbocycles. The van der Waals surface area contributed by atoms with Gasteiger partial charge in [0, 0.05) is 24.2 Å². The second kappa shape index (κ2) is 6.56. The van der Waals surface area contributed by atoms with Crippen molar-refractivity contribution in [1.29, 1.82) is 0 Å². The molecule has 0 amide bonds. The molecule has 0 aliphatic heterocycles. The van der Waals surface area contributed by atoms with Crippen molar-refractivity contribution in [3.05, 3.63) is 29.8 Å². The summed E-state index contributed by atoms with van der Waals surface area (Å²) in [5, 5.41) is 0. The van der Waals surface area contributed by atoms with Crippen LogP contribution < -0.4 is 15.2 Å². The molecule has 0 saturated heterocycles. The quantitative estimate of drug-likeness (QED) is 0.718. The number of nitrogens with two attached hydrogens (primary N) is 1. The molecule has 0 atom stereocenters. The summed E-state index contributed by atoms with van der Waals surface area (Å²) in [5.74, 6) is 0.263. The molecule has 0 fully saturated rings. The molecule has 0 spiro atoms. The normalized spacial score (nSPS) is 12.7. The third-order valence-corrected chi connectivity index (χ3v) is 4.16. The Hall–Kier alpha value is -1.11. The summed E-state index contributed by atoms with van der Waals surface area (Å²) in [4.78, 5) is 0. The first-order valence-electron chi connectivity index (χ1n) is 6.74. The van der Waals surface area contributed by atoms with E-state index in [0.29, 0.717) is 18.8 Å². The Morgan fingerprint density at radius 1 is 1.20 bits per heavy atom. The second-order valence-electron chi connectivity index (χ2n) is 6.01. The van der Waals surface area contributed by atoms with Crippen LogP contribution in [-0.2, 0) is 15.6 Å². The summed E-state index contributed by atoms with van der Waals surface area (Å²) < 4.78 is 28.6. The molecule has 20 heavy (non-hydrogen) atoms. The topological polar surface area (TPSA) is 84.2 Å². The van der Waals surface area contributed by atoms with E-state index in [1.165, 1.54) is 0 Å². The van der Waals surface area contributed by atoms with Crippen molar-refractivity contribution in [3.63, 3.8) is 0 Å². The largest absolute Gasteiger partial charge is 0.330 e. The van der Waals surface area contributed by atoms with E-state index in [9.17, 15) is 8.42 Å². The predicted octanol–water partition coefficient (Wildman–Crippen LogP) is 1.83. The van der Waals surface area contributed by atoms with Crippen molar-refractivity contribution in [2.75, 3.05) is 17.8 Å². The average Bonchev–Trinajstić information content (AvgIpc) is 2.37. The van der Waals surface area contributed by atoms with Crippen LogP contribution in [0.15, 0.2) is 24.3 Å². The van der Waals surface area contributed by atoms with Crippen LogP contribution in [0, 0.1) is 5.92 Å². The summed E-state index contributed by atoms with van der Waals surface area (Å²) >= 11 is 0. The molecule has 0 aliphatic rings. The molecule has 0 saturated carbocycles. The molecule has 1 aromatic rings. The zero-order valence-electron chi connectivity index (χ0n) is 12.6. The Labute approximate surface area is 122 Å². The number of nitrogens with one attached hydrogen (secondary N) is 2. The zero-order valence-corrected chi connectivity index (χ0v) is 13.4. The van der Waals surface area contributed by atoms with E-state index in [4.69, 9.17) is 5.73 Å². The Balaban J connectivity index is 2.75. The lowest BCUT2D eigenvalue weighted by atomic mass is 9.85. The maximum atomic E-state index is 11.8. The van der Waals surface area contributed by atoms with Gasteiger partial charge in [0.2, 0.25) is 0 Å². The first kappa shape index (κ1) is 16.9. The van der Waals surface area contributed by atoms with Gasteiger partial charge < -0.3 is 5.73 Å². The molecule has 6 heteroatoms. The Bertz CT molecular complexity index is 522. The first-order chi connectivity index (χ1) is 9.16. The van der Waals surface area contributed by atoms with Crippen molar-refractivity contribution >= 4 is 15.9 Å².